The van der Waals surface area contributed by atoms with Gasteiger partial charge in [0.25, 0.3) is 0 Å². The molecule has 3 amide bonds. The number of rotatable bonds is 3. The molecular weight excluding hydrogens is 202 g/mol. The number of aromatic nitrogens is 1. The van der Waals surface area contributed by atoms with Crippen molar-refractivity contribution in [2.75, 3.05) is 5.75 Å². The highest BCUT2D eigenvalue weighted by atomic mass is 32.2. The lowest BCUT2D eigenvalue weighted by Gasteiger charge is -1.99. The molecule has 3 N–H and O–H groups in total. The van der Waals surface area contributed by atoms with E-state index in [9.17, 15) is 9.59 Å². The summed E-state index contributed by atoms with van der Waals surface area (Å²) in [5, 5.41) is 2.69. The molecule has 1 aromatic heterocycles. The van der Waals surface area contributed by atoms with Gasteiger partial charge in [-0.25, -0.2) is 9.78 Å². The van der Waals surface area contributed by atoms with Crippen LogP contribution in [0.15, 0.2) is 29.4 Å². The minimum absolute atomic E-state index is 0.125. The van der Waals surface area contributed by atoms with Crippen molar-refractivity contribution in [3.05, 3.63) is 24.4 Å². The molecule has 1 heterocycles. The molecule has 6 heteroatoms. The Labute approximate surface area is 85.1 Å². The SMILES string of the molecule is NC(=O)NC(=O)CSc1ccccn1. The number of amides is 3. The van der Waals surface area contributed by atoms with E-state index in [0.717, 1.165) is 5.03 Å². The Morgan fingerprint density at radius 1 is 1.50 bits per heavy atom. The Hall–Kier alpha value is -1.56. The maximum absolute atomic E-state index is 11.0. The van der Waals surface area contributed by atoms with Crippen LogP contribution in [0.5, 0.6) is 0 Å². The van der Waals surface area contributed by atoms with Gasteiger partial charge in [-0.05, 0) is 12.1 Å². The van der Waals surface area contributed by atoms with Crippen LogP contribution in [-0.2, 0) is 4.79 Å². The Balaban J connectivity index is 2.34. The second kappa shape index (κ2) is 5.23. The topological polar surface area (TPSA) is 85.1 Å². The number of nitrogens with zero attached hydrogens (tertiary/aromatic N) is 1. The van der Waals surface area contributed by atoms with E-state index in [4.69, 9.17) is 5.73 Å². The van der Waals surface area contributed by atoms with Gasteiger partial charge in [0.2, 0.25) is 5.91 Å². The molecule has 0 aliphatic heterocycles. The number of hydrogen-bond donors (Lipinski definition) is 2. The average Bonchev–Trinajstić information content (AvgIpc) is 2.15. The van der Waals surface area contributed by atoms with Gasteiger partial charge in [-0.3, -0.25) is 10.1 Å². The van der Waals surface area contributed by atoms with E-state index in [-0.39, 0.29) is 5.75 Å². The average molecular weight is 211 g/mol. The number of imide groups is 1. The summed E-state index contributed by atoms with van der Waals surface area (Å²) >= 11 is 1.24. The predicted octanol–water partition coefficient (Wildman–Crippen LogP) is 0.369. The van der Waals surface area contributed by atoms with E-state index in [1.54, 1.807) is 18.3 Å². The first-order valence-electron chi connectivity index (χ1n) is 3.81. The van der Waals surface area contributed by atoms with Gasteiger partial charge >= 0.3 is 6.03 Å². The van der Waals surface area contributed by atoms with E-state index in [1.807, 2.05) is 11.4 Å². The van der Waals surface area contributed by atoms with E-state index >= 15 is 0 Å². The maximum atomic E-state index is 11.0. The Kier molecular flexibility index (Phi) is 3.93. The van der Waals surface area contributed by atoms with Gasteiger partial charge in [0.15, 0.2) is 0 Å². The Bertz CT molecular complexity index is 329. The van der Waals surface area contributed by atoms with Gasteiger partial charge in [0.05, 0.1) is 10.8 Å². The van der Waals surface area contributed by atoms with Crippen molar-refractivity contribution in [2.24, 2.45) is 5.73 Å². The van der Waals surface area contributed by atoms with E-state index < -0.39 is 11.9 Å². The quantitative estimate of drug-likeness (QED) is 0.707. The molecule has 0 bridgehead atoms. The number of pyridine rings is 1. The highest BCUT2D eigenvalue weighted by Crippen LogP contribution is 2.12. The standard InChI is InChI=1S/C8H9N3O2S/c9-8(13)11-6(12)5-14-7-3-1-2-4-10-7/h1-4H,5H2,(H3,9,11,12,13). The van der Waals surface area contributed by atoms with Crippen LogP contribution in [0, 0.1) is 0 Å². The first-order chi connectivity index (χ1) is 6.68. The molecular formula is C8H9N3O2S. The minimum atomic E-state index is -0.836. The first-order valence-corrected chi connectivity index (χ1v) is 4.80. The van der Waals surface area contributed by atoms with E-state index in [1.165, 1.54) is 11.8 Å². The molecule has 1 rings (SSSR count). The summed E-state index contributed by atoms with van der Waals surface area (Å²) in [6.07, 6.45) is 1.63. The molecule has 0 aliphatic rings. The van der Waals surface area contributed by atoms with Gasteiger partial charge in [-0.1, -0.05) is 17.8 Å². The van der Waals surface area contributed by atoms with Crippen molar-refractivity contribution in [2.45, 2.75) is 5.03 Å². The lowest BCUT2D eigenvalue weighted by Crippen LogP contribution is -2.36. The summed E-state index contributed by atoms with van der Waals surface area (Å²) in [5.41, 5.74) is 4.77. The van der Waals surface area contributed by atoms with Gasteiger partial charge < -0.3 is 5.73 Å². The number of nitrogens with one attached hydrogen (secondary N) is 1. The smallest absolute Gasteiger partial charge is 0.318 e. The normalized spacial score (nSPS) is 9.43. The third-order valence-corrected chi connectivity index (χ3v) is 2.20. The summed E-state index contributed by atoms with van der Waals surface area (Å²) in [6.45, 7) is 0. The van der Waals surface area contributed by atoms with Crippen LogP contribution in [0.1, 0.15) is 0 Å². The summed E-state index contributed by atoms with van der Waals surface area (Å²) in [6, 6.07) is 4.55. The molecule has 0 fully saturated rings. The minimum Gasteiger partial charge on any atom is -0.351 e. The lowest BCUT2D eigenvalue weighted by molar-refractivity contribution is -0.117. The summed E-state index contributed by atoms with van der Waals surface area (Å²) in [4.78, 5) is 25.2. The predicted molar refractivity (Wildman–Crippen MR) is 52.7 cm³/mol. The highest BCUT2D eigenvalue weighted by molar-refractivity contribution is 7.99. The molecule has 0 aromatic carbocycles. The largest absolute Gasteiger partial charge is 0.351 e. The van der Waals surface area contributed by atoms with Crippen LogP contribution < -0.4 is 11.1 Å². The van der Waals surface area contributed by atoms with Crippen LogP contribution in [0.4, 0.5) is 4.79 Å². The lowest BCUT2D eigenvalue weighted by atomic mass is 10.5. The van der Waals surface area contributed by atoms with Crippen molar-refractivity contribution >= 4 is 23.7 Å². The molecule has 0 saturated heterocycles. The van der Waals surface area contributed by atoms with Crippen molar-refractivity contribution in [3.63, 3.8) is 0 Å². The third kappa shape index (κ3) is 3.90. The molecule has 0 saturated carbocycles. The second-order valence-corrected chi connectivity index (χ2v) is 3.36. The van der Waals surface area contributed by atoms with Crippen LogP contribution >= 0.6 is 11.8 Å². The van der Waals surface area contributed by atoms with E-state index in [0.29, 0.717) is 0 Å². The summed E-state index contributed by atoms with van der Waals surface area (Å²) < 4.78 is 0. The molecule has 1 aromatic rings. The number of carbonyl (C=O) groups is 2. The van der Waals surface area contributed by atoms with Gasteiger partial charge in [-0.15, -0.1) is 0 Å². The summed E-state index contributed by atoms with van der Waals surface area (Å²) in [5.74, 6) is -0.298. The number of nitrogens with two attached hydrogens (primary N) is 1. The maximum Gasteiger partial charge on any atom is 0.318 e. The van der Waals surface area contributed by atoms with Gasteiger partial charge in [-0.2, -0.15) is 0 Å². The molecule has 0 radical (unpaired) electrons. The zero-order chi connectivity index (χ0) is 10.4. The molecule has 0 unspecified atom stereocenters. The number of urea groups is 1. The van der Waals surface area contributed by atoms with Crippen LogP contribution in [0.25, 0.3) is 0 Å². The fourth-order valence-electron chi connectivity index (χ4n) is 0.745. The molecule has 0 atom stereocenters. The number of thioether (sulfide) groups is 1. The second-order valence-electron chi connectivity index (χ2n) is 2.37. The zero-order valence-electron chi connectivity index (χ0n) is 7.27. The third-order valence-electron chi connectivity index (χ3n) is 1.25. The molecule has 14 heavy (non-hydrogen) atoms. The fraction of sp³-hybridized carbons (Fsp3) is 0.125. The molecule has 5 nitrogen and oxygen atoms in total. The summed E-state index contributed by atoms with van der Waals surface area (Å²) in [7, 11) is 0. The van der Waals surface area contributed by atoms with Crippen molar-refractivity contribution in [3.8, 4) is 0 Å². The Morgan fingerprint density at radius 2 is 2.29 bits per heavy atom. The highest BCUT2D eigenvalue weighted by Gasteiger charge is 2.04. The van der Waals surface area contributed by atoms with Gasteiger partial charge in [0, 0.05) is 6.20 Å². The van der Waals surface area contributed by atoms with Crippen LogP contribution in [0.3, 0.4) is 0 Å². The van der Waals surface area contributed by atoms with Crippen molar-refractivity contribution in [1.29, 1.82) is 0 Å². The number of hydrogen-bond acceptors (Lipinski definition) is 4. The van der Waals surface area contributed by atoms with Gasteiger partial charge in [0.1, 0.15) is 0 Å². The molecule has 74 valence electrons. The monoisotopic (exact) mass is 211 g/mol. The molecule has 0 spiro atoms. The Morgan fingerprint density at radius 3 is 2.86 bits per heavy atom. The van der Waals surface area contributed by atoms with Crippen molar-refractivity contribution in [1.82, 2.24) is 10.3 Å². The number of carbonyl (C=O) groups excluding carboxylic acids is 2. The van der Waals surface area contributed by atoms with Crippen molar-refractivity contribution < 1.29 is 9.59 Å². The fourth-order valence-corrected chi connectivity index (χ4v) is 1.41. The zero-order valence-corrected chi connectivity index (χ0v) is 8.08. The molecule has 0 aliphatic carbocycles. The van der Waals surface area contributed by atoms with E-state index in [2.05, 4.69) is 4.98 Å². The number of primary amides is 1. The van der Waals surface area contributed by atoms with Crippen LogP contribution in [-0.4, -0.2) is 22.7 Å². The first kappa shape index (κ1) is 10.5. The van der Waals surface area contributed by atoms with Crippen LogP contribution in [0.2, 0.25) is 0 Å².